The van der Waals surface area contributed by atoms with E-state index in [1.165, 1.54) is 122 Å². The molecule has 0 radical (unpaired) electrons. The average Bonchev–Trinajstić information content (AvgIpc) is 3.06. The van der Waals surface area contributed by atoms with Crippen LogP contribution in [0.15, 0.2) is 0 Å². The van der Waals surface area contributed by atoms with Gasteiger partial charge in [-0.3, -0.25) is 4.18 Å². The summed E-state index contributed by atoms with van der Waals surface area (Å²) in [7, 11) is -3.08. The van der Waals surface area contributed by atoms with E-state index in [1.54, 1.807) is 7.11 Å². The molecule has 290 valence electrons. The summed E-state index contributed by atoms with van der Waals surface area (Å²) < 4.78 is 65.9. The van der Waals surface area contributed by atoms with Gasteiger partial charge in [-0.2, -0.15) is 0 Å². The highest BCUT2D eigenvalue weighted by atomic mass is 32.3. The van der Waals surface area contributed by atoms with Crippen LogP contribution in [0.3, 0.4) is 0 Å². The molecule has 0 bridgehead atoms. The number of hydrogen-bond donors (Lipinski definition) is 0. The molecule has 0 aliphatic rings. The number of unbranched alkanes of at least 4 members (excludes halogenated alkanes) is 20. The molecule has 0 heterocycles. The first kappa shape index (κ1) is 47.7. The van der Waals surface area contributed by atoms with E-state index in [1.807, 2.05) is 0 Å². The predicted molar refractivity (Wildman–Crippen MR) is 195 cm³/mol. The maximum absolute atomic E-state index is 10.8. The van der Waals surface area contributed by atoms with Crippen molar-refractivity contribution < 1.29 is 40.8 Å². The fourth-order valence-electron chi connectivity index (χ4n) is 5.91. The average molecular weight is 710 g/mol. The van der Waals surface area contributed by atoms with Crippen molar-refractivity contribution in [2.75, 3.05) is 73.2 Å². The molecule has 0 spiro atoms. The molecular formula is C38H77O9S-. The predicted octanol–water partition coefficient (Wildman–Crippen LogP) is 9.56. The van der Waals surface area contributed by atoms with Crippen LogP contribution in [0, 0.1) is 5.41 Å². The molecular weight excluding hydrogens is 632 g/mol. The Morgan fingerprint density at radius 2 is 0.792 bits per heavy atom. The third-order valence-electron chi connectivity index (χ3n) is 8.89. The van der Waals surface area contributed by atoms with Crippen LogP contribution in [0.2, 0.25) is 0 Å². The van der Waals surface area contributed by atoms with Crippen molar-refractivity contribution in [2.45, 2.75) is 168 Å². The zero-order chi connectivity index (χ0) is 35.3. The summed E-state index contributed by atoms with van der Waals surface area (Å²) in [4.78, 5) is 0. The minimum atomic E-state index is -4.74. The quantitative estimate of drug-likeness (QED) is 0.0348. The lowest BCUT2D eigenvalue weighted by Gasteiger charge is -2.33. The summed E-state index contributed by atoms with van der Waals surface area (Å²) in [5.41, 5.74) is -0.369. The van der Waals surface area contributed by atoms with Crippen molar-refractivity contribution in [3.8, 4) is 0 Å². The highest BCUT2D eigenvalue weighted by Crippen LogP contribution is 2.28. The van der Waals surface area contributed by atoms with Crippen LogP contribution in [0.4, 0.5) is 0 Å². The molecule has 0 aromatic heterocycles. The number of rotatable bonds is 41. The van der Waals surface area contributed by atoms with Crippen LogP contribution in [-0.2, 0) is 38.3 Å². The van der Waals surface area contributed by atoms with E-state index in [0.29, 0.717) is 39.6 Å². The third kappa shape index (κ3) is 35.5. The minimum absolute atomic E-state index is 0.0147. The van der Waals surface area contributed by atoms with Crippen molar-refractivity contribution in [2.24, 2.45) is 5.41 Å². The topological polar surface area (TPSA) is 113 Å². The van der Waals surface area contributed by atoms with E-state index in [-0.39, 0.29) is 18.6 Å². The molecule has 0 saturated heterocycles. The Labute approximate surface area is 297 Å². The van der Waals surface area contributed by atoms with Gasteiger partial charge in [-0.1, -0.05) is 142 Å². The lowest BCUT2D eigenvalue weighted by Crippen LogP contribution is -2.38. The third-order valence-corrected chi connectivity index (χ3v) is 9.35. The molecule has 0 amide bonds. The fourth-order valence-corrected chi connectivity index (χ4v) is 6.18. The Balaban J connectivity index is 4.55. The zero-order valence-corrected chi connectivity index (χ0v) is 32.4. The highest BCUT2D eigenvalue weighted by molar-refractivity contribution is 7.80. The standard InChI is InChI=1S/C38H78O9S/c1-4-6-8-10-11-12-13-14-15-17-22-26-30-44-35-38(36-45-32-31-42-3,37-46-33-34-47-48(39,40)41)27-23-19-16-18-21-25-29-43-28-24-20-9-7-5-2/h4-37H2,1-3H3,(H,39,40,41)/p-1/t38-/m0/s1. The van der Waals surface area contributed by atoms with E-state index < -0.39 is 10.4 Å². The normalized spacial score (nSPS) is 13.3. The summed E-state index contributed by atoms with van der Waals surface area (Å²) in [6.07, 6.45) is 29.7. The van der Waals surface area contributed by atoms with Gasteiger partial charge in [-0.05, 0) is 25.7 Å². The van der Waals surface area contributed by atoms with Crippen LogP contribution in [0.5, 0.6) is 0 Å². The van der Waals surface area contributed by atoms with Crippen LogP contribution in [-0.4, -0.2) is 86.1 Å². The van der Waals surface area contributed by atoms with E-state index in [9.17, 15) is 13.0 Å². The number of ether oxygens (including phenoxy) is 5. The van der Waals surface area contributed by atoms with Gasteiger partial charge in [0.2, 0.25) is 10.4 Å². The Morgan fingerprint density at radius 3 is 1.21 bits per heavy atom. The summed E-state index contributed by atoms with van der Waals surface area (Å²) >= 11 is 0. The SMILES string of the molecule is CCCCCCCCCCCCCCOC[C@@](CCCCCCCCOCCCCCCC)(COCCOC)COCCOS(=O)(=O)[O-]. The minimum Gasteiger partial charge on any atom is -0.726 e. The van der Waals surface area contributed by atoms with Gasteiger partial charge in [-0.15, -0.1) is 0 Å². The number of hydrogen-bond acceptors (Lipinski definition) is 9. The molecule has 0 N–H and O–H groups in total. The molecule has 0 aliphatic carbocycles. The highest BCUT2D eigenvalue weighted by Gasteiger charge is 2.31. The second-order valence-electron chi connectivity index (χ2n) is 13.7. The summed E-state index contributed by atoms with van der Waals surface area (Å²) in [5, 5.41) is 0. The van der Waals surface area contributed by atoms with Crippen LogP contribution in [0.1, 0.15) is 168 Å². The molecule has 0 saturated carbocycles. The Hall–Kier alpha value is -0.330. The first-order valence-electron chi connectivity index (χ1n) is 19.8. The number of methoxy groups -OCH3 is 1. The van der Waals surface area contributed by atoms with Gasteiger partial charge in [0, 0.05) is 32.3 Å². The first-order chi connectivity index (χ1) is 23.4. The van der Waals surface area contributed by atoms with Gasteiger partial charge in [0.1, 0.15) is 0 Å². The van der Waals surface area contributed by atoms with Crippen molar-refractivity contribution in [1.82, 2.24) is 0 Å². The fraction of sp³-hybridized carbons (Fsp3) is 1.00. The summed E-state index contributed by atoms with van der Waals surface area (Å²) in [5.74, 6) is 0. The van der Waals surface area contributed by atoms with E-state index in [4.69, 9.17) is 23.7 Å². The van der Waals surface area contributed by atoms with Crippen molar-refractivity contribution >= 4 is 10.4 Å². The van der Waals surface area contributed by atoms with Crippen LogP contribution in [0.25, 0.3) is 0 Å². The first-order valence-corrected chi connectivity index (χ1v) is 21.1. The maximum atomic E-state index is 10.8. The molecule has 0 aromatic carbocycles. The second kappa shape index (κ2) is 36.5. The van der Waals surface area contributed by atoms with Gasteiger partial charge in [-0.25, -0.2) is 8.42 Å². The largest absolute Gasteiger partial charge is 0.726 e. The van der Waals surface area contributed by atoms with Crippen LogP contribution >= 0.6 is 0 Å². The van der Waals surface area contributed by atoms with Crippen molar-refractivity contribution in [3.63, 3.8) is 0 Å². The van der Waals surface area contributed by atoms with E-state index >= 15 is 0 Å². The molecule has 0 unspecified atom stereocenters. The summed E-state index contributed by atoms with van der Waals surface area (Å²) in [6.45, 7) is 8.98. The molecule has 10 heteroatoms. The molecule has 48 heavy (non-hydrogen) atoms. The lowest BCUT2D eigenvalue weighted by molar-refractivity contribution is -0.0825. The Morgan fingerprint density at radius 1 is 0.438 bits per heavy atom. The molecule has 0 rings (SSSR count). The summed E-state index contributed by atoms with van der Waals surface area (Å²) in [6, 6.07) is 0. The van der Waals surface area contributed by atoms with Gasteiger partial charge in [0.15, 0.2) is 0 Å². The van der Waals surface area contributed by atoms with Crippen LogP contribution < -0.4 is 0 Å². The zero-order valence-electron chi connectivity index (χ0n) is 31.6. The van der Waals surface area contributed by atoms with E-state index in [0.717, 1.165) is 45.3 Å². The smallest absolute Gasteiger partial charge is 0.217 e. The van der Waals surface area contributed by atoms with Gasteiger partial charge < -0.3 is 28.2 Å². The van der Waals surface area contributed by atoms with Gasteiger partial charge in [0.05, 0.1) is 46.2 Å². The van der Waals surface area contributed by atoms with Gasteiger partial charge >= 0.3 is 0 Å². The molecule has 0 aromatic rings. The second-order valence-corrected chi connectivity index (χ2v) is 14.7. The lowest BCUT2D eigenvalue weighted by atomic mass is 9.84. The Kier molecular flexibility index (Phi) is 36.2. The molecule has 0 aliphatic heterocycles. The Bertz CT molecular complexity index is 704. The van der Waals surface area contributed by atoms with E-state index in [2.05, 4.69) is 18.0 Å². The van der Waals surface area contributed by atoms with Gasteiger partial charge in [0.25, 0.3) is 0 Å². The monoisotopic (exact) mass is 710 g/mol. The molecule has 9 nitrogen and oxygen atoms in total. The molecule has 0 fully saturated rings. The van der Waals surface area contributed by atoms with Crippen molar-refractivity contribution in [3.05, 3.63) is 0 Å². The molecule has 1 atom stereocenters. The van der Waals surface area contributed by atoms with Crippen molar-refractivity contribution in [1.29, 1.82) is 0 Å². The maximum Gasteiger partial charge on any atom is 0.217 e.